The van der Waals surface area contributed by atoms with Crippen molar-refractivity contribution in [3.63, 3.8) is 0 Å². The van der Waals surface area contributed by atoms with E-state index in [1.54, 1.807) is 0 Å². The quantitative estimate of drug-likeness (QED) is 0.864. The van der Waals surface area contributed by atoms with Crippen molar-refractivity contribution in [2.24, 2.45) is 5.10 Å². The third-order valence-corrected chi connectivity index (χ3v) is 5.11. The van der Waals surface area contributed by atoms with Crippen molar-refractivity contribution in [3.05, 3.63) is 71.3 Å². The third kappa shape index (κ3) is 3.29. The third-order valence-electron chi connectivity index (χ3n) is 4.09. The predicted octanol–water partition coefficient (Wildman–Crippen LogP) is 3.36. The van der Waals surface area contributed by atoms with E-state index in [-0.39, 0.29) is 6.04 Å². The lowest BCUT2D eigenvalue weighted by Crippen LogP contribution is -2.25. The molecule has 0 aliphatic carbocycles. The zero-order valence-corrected chi connectivity index (χ0v) is 14.1. The van der Waals surface area contributed by atoms with Crippen LogP contribution in [0, 0.1) is 0 Å². The standard InChI is InChI=1S/C18H20N2O2S/c1-3-14-9-11-15(12-10-14)17-13-18(16-7-5-4-6-8-16)20(19-17)23(2,21)22/h4-12,18H,3,13H2,1-2H3/t18-/m1/s1. The van der Waals surface area contributed by atoms with E-state index in [2.05, 4.69) is 24.2 Å². The molecule has 5 heteroatoms. The summed E-state index contributed by atoms with van der Waals surface area (Å²) in [5.74, 6) is 0. The maximum atomic E-state index is 12.1. The number of benzene rings is 2. The molecule has 0 aromatic heterocycles. The van der Waals surface area contributed by atoms with Crippen LogP contribution in [0.2, 0.25) is 0 Å². The molecule has 2 aromatic rings. The molecule has 0 spiro atoms. The van der Waals surface area contributed by atoms with E-state index in [0.29, 0.717) is 6.42 Å². The molecule has 0 amide bonds. The minimum atomic E-state index is -3.41. The number of hydrazone groups is 1. The Balaban J connectivity index is 1.97. The van der Waals surface area contributed by atoms with Gasteiger partial charge in [-0.15, -0.1) is 0 Å². The van der Waals surface area contributed by atoms with Gasteiger partial charge in [0, 0.05) is 6.42 Å². The Labute approximate surface area is 137 Å². The van der Waals surface area contributed by atoms with Gasteiger partial charge in [0.15, 0.2) is 0 Å². The van der Waals surface area contributed by atoms with Gasteiger partial charge < -0.3 is 0 Å². The first-order chi connectivity index (χ1) is 11.0. The van der Waals surface area contributed by atoms with Gasteiger partial charge in [0.05, 0.1) is 18.0 Å². The molecule has 0 unspecified atom stereocenters. The second-order valence-electron chi connectivity index (χ2n) is 5.76. The van der Waals surface area contributed by atoms with E-state index in [4.69, 9.17) is 0 Å². The molecule has 0 saturated heterocycles. The largest absolute Gasteiger partial charge is 0.247 e. The smallest absolute Gasteiger partial charge is 0.205 e. The van der Waals surface area contributed by atoms with E-state index in [1.165, 1.54) is 16.2 Å². The molecular weight excluding hydrogens is 308 g/mol. The molecule has 120 valence electrons. The van der Waals surface area contributed by atoms with Gasteiger partial charge in [0.25, 0.3) is 0 Å². The monoisotopic (exact) mass is 328 g/mol. The van der Waals surface area contributed by atoms with Crippen LogP contribution in [0.3, 0.4) is 0 Å². The van der Waals surface area contributed by atoms with Crippen LogP contribution in [-0.2, 0) is 16.4 Å². The van der Waals surface area contributed by atoms with Crippen molar-refractivity contribution in [2.75, 3.05) is 6.26 Å². The molecule has 1 heterocycles. The zero-order valence-electron chi connectivity index (χ0n) is 13.3. The summed E-state index contributed by atoms with van der Waals surface area (Å²) in [6.45, 7) is 2.11. The van der Waals surface area contributed by atoms with Crippen LogP contribution in [0.1, 0.15) is 36.1 Å². The molecule has 3 rings (SSSR count). The first-order valence-electron chi connectivity index (χ1n) is 7.70. The summed E-state index contributed by atoms with van der Waals surface area (Å²) in [5.41, 5.74) is 4.01. The van der Waals surface area contributed by atoms with Crippen molar-refractivity contribution in [2.45, 2.75) is 25.8 Å². The van der Waals surface area contributed by atoms with E-state index in [0.717, 1.165) is 23.3 Å². The lowest BCUT2D eigenvalue weighted by molar-refractivity contribution is 0.375. The average Bonchev–Trinajstić information content (AvgIpc) is 3.01. The number of hydrogen-bond acceptors (Lipinski definition) is 3. The van der Waals surface area contributed by atoms with Crippen LogP contribution < -0.4 is 0 Å². The van der Waals surface area contributed by atoms with E-state index in [9.17, 15) is 8.42 Å². The Morgan fingerprint density at radius 2 is 1.74 bits per heavy atom. The van der Waals surface area contributed by atoms with Crippen molar-refractivity contribution in [3.8, 4) is 0 Å². The topological polar surface area (TPSA) is 49.7 Å². The van der Waals surface area contributed by atoms with Gasteiger partial charge >= 0.3 is 0 Å². The number of aryl methyl sites for hydroxylation is 1. The highest BCUT2D eigenvalue weighted by atomic mass is 32.2. The Kier molecular flexibility index (Phi) is 4.22. The Morgan fingerprint density at radius 1 is 1.09 bits per heavy atom. The first kappa shape index (κ1) is 15.7. The summed E-state index contributed by atoms with van der Waals surface area (Å²) in [6.07, 6.45) is 2.77. The lowest BCUT2D eigenvalue weighted by atomic mass is 9.98. The number of hydrogen-bond donors (Lipinski definition) is 0. The fourth-order valence-corrected chi connectivity index (χ4v) is 3.73. The van der Waals surface area contributed by atoms with Gasteiger partial charge in [-0.25, -0.2) is 8.42 Å². The van der Waals surface area contributed by atoms with Crippen LogP contribution in [-0.4, -0.2) is 24.8 Å². The highest BCUT2D eigenvalue weighted by Crippen LogP contribution is 2.34. The summed E-state index contributed by atoms with van der Waals surface area (Å²) in [4.78, 5) is 0. The van der Waals surface area contributed by atoms with Crippen molar-refractivity contribution < 1.29 is 8.42 Å². The fraction of sp³-hybridized carbons (Fsp3) is 0.278. The minimum absolute atomic E-state index is 0.271. The van der Waals surface area contributed by atoms with Crippen LogP contribution >= 0.6 is 0 Å². The molecule has 0 radical (unpaired) electrons. The molecule has 2 aromatic carbocycles. The Bertz CT molecular complexity index is 812. The average molecular weight is 328 g/mol. The number of sulfonamides is 1. The molecule has 0 N–H and O–H groups in total. The molecule has 0 bridgehead atoms. The second-order valence-corrected chi connectivity index (χ2v) is 7.60. The minimum Gasteiger partial charge on any atom is -0.205 e. The van der Waals surface area contributed by atoms with Crippen LogP contribution in [0.25, 0.3) is 0 Å². The molecule has 1 aliphatic heterocycles. The van der Waals surface area contributed by atoms with Crippen molar-refractivity contribution in [1.82, 2.24) is 4.41 Å². The summed E-state index contributed by atoms with van der Waals surface area (Å²) in [6, 6.07) is 17.6. The summed E-state index contributed by atoms with van der Waals surface area (Å²) >= 11 is 0. The fourth-order valence-electron chi connectivity index (χ4n) is 2.82. The molecular formula is C18H20N2O2S. The molecule has 4 nitrogen and oxygen atoms in total. The summed E-state index contributed by atoms with van der Waals surface area (Å²) < 4.78 is 25.5. The first-order valence-corrected chi connectivity index (χ1v) is 9.55. The Morgan fingerprint density at radius 3 is 2.30 bits per heavy atom. The van der Waals surface area contributed by atoms with Crippen molar-refractivity contribution in [1.29, 1.82) is 0 Å². The summed E-state index contributed by atoms with van der Waals surface area (Å²) in [7, 11) is -3.41. The highest BCUT2D eigenvalue weighted by Gasteiger charge is 2.34. The maximum Gasteiger partial charge on any atom is 0.247 e. The molecule has 1 aliphatic rings. The van der Waals surface area contributed by atoms with Crippen LogP contribution in [0.4, 0.5) is 0 Å². The van der Waals surface area contributed by atoms with Gasteiger partial charge in [0.2, 0.25) is 10.0 Å². The van der Waals surface area contributed by atoms with Gasteiger partial charge in [0.1, 0.15) is 0 Å². The summed E-state index contributed by atoms with van der Waals surface area (Å²) in [5, 5.41) is 4.40. The van der Waals surface area contributed by atoms with Crippen LogP contribution in [0.15, 0.2) is 59.7 Å². The van der Waals surface area contributed by atoms with Gasteiger partial charge in [-0.3, -0.25) is 0 Å². The molecule has 0 fully saturated rings. The van der Waals surface area contributed by atoms with Crippen LogP contribution in [0.5, 0.6) is 0 Å². The van der Waals surface area contributed by atoms with Crippen molar-refractivity contribution >= 4 is 15.7 Å². The van der Waals surface area contributed by atoms with Gasteiger partial charge in [-0.2, -0.15) is 9.52 Å². The molecule has 1 atom stereocenters. The maximum absolute atomic E-state index is 12.1. The SMILES string of the molecule is CCc1ccc(C2=NN(S(C)(=O)=O)[C@@H](c3ccccc3)C2)cc1. The Hall–Kier alpha value is -2.14. The molecule has 0 saturated carbocycles. The van der Waals surface area contributed by atoms with Gasteiger partial charge in [-0.1, -0.05) is 61.5 Å². The molecule has 23 heavy (non-hydrogen) atoms. The van der Waals surface area contributed by atoms with E-state index in [1.807, 2.05) is 42.5 Å². The predicted molar refractivity (Wildman–Crippen MR) is 92.8 cm³/mol. The number of nitrogens with zero attached hydrogens (tertiary/aromatic N) is 2. The second kappa shape index (κ2) is 6.16. The normalized spacial score (nSPS) is 18.1. The highest BCUT2D eigenvalue weighted by molar-refractivity contribution is 7.88. The van der Waals surface area contributed by atoms with E-state index >= 15 is 0 Å². The lowest BCUT2D eigenvalue weighted by Gasteiger charge is -2.21. The van der Waals surface area contributed by atoms with E-state index < -0.39 is 10.0 Å². The van der Waals surface area contributed by atoms with Gasteiger partial charge in [-0.05, 0) is 23.1 Å². The number of rotatable bonds is 4. The zero-order chi connectivity index (χ0) is 16.4.